The summed E-state index contributed by atoms with van der Waals surface area (Å²) in [5, 5.41) is 3.47. The molecule has 0 unspecified atom stereocenters. The predicted molar refractivity (Wildman–Crippen MR) is 104 cm³/mol. The molecule has 1 aromatic heterocycles. The molecular formula is C15H28N6O3S. The Labute approximate surface area is 152 Å². The first-order chi connectivity index (χ1) is 11.8. The highest BCUT2D eigenvalue weighted by Crippen LogP contribution is 2.17. The SMILES string of the molecule is CCCn1c(N)c(N(CCOC)C(=S)NCCN(C)C)c(=O)[nH]c1=O. The molecule has 0 radical (unpaired) electrons. The van der Waals surface area contributed by atoms with Gasteiger partial charge in [-0.05, 0) is 32.7 Å². The van der Waals surface area contributed by atoms with Crippen LogP contribution in [0.25, 0.3) is 0 Å². The number of hydrogen-bond donors (Lipinski definition) is 3. The number of aromatic nitrogens is 2. The molecule has 0 aliphatic carbocycles. The number of thiocarbonyl (C=S) groups is 1. The van der Waals surface area contributed by atoms with Crippen LogP contribution in [-0.4, -0.2) is 67.0 Å². The lowest BCUT2D eigenvalue weighted by Gasteiger charge is -2.27. The number of likely N-dealkylation sites (N-methyl/N-ethyl adjacent to an activating group) is 1. The lowest BCUT2D eigenvalue weighted by Crippen LogP contribution is -2.47. The van der Waals surface area contributed by atoms with Gasteiger partial charge in [0.15, 0.2) is 10.8 Å². The molecular weight excluding hydrogens is 344 g/mol. The van der Waals surface area contributed by atoms with Crippen molar-refractivity contribution in [3.05, 3.63) is 20.8 Å². The van der Waals surface area contributed by atoms with Crippen molar-refractivity contribution in [2.24, 2.45) is 0 Å². The summed E-state index contributed by atoms with van der Waals surface area (Å²) in [6.45, 7) is 4.41. The van der Waals surface area contributed by atoms with Gasteiger partial charge in [0, 0.05) is 33.3 Å². The first kappa shape index (κ1) is 21.1. The normalized spacial score (nSPS) is 10.9. The average molecular weight is 372 g/mol. The van der Waals surface area contributed by atoms with Crippen molar-refractivity contribution in [1.29, 1.82) is 0 Å². The Morgan fingerprint density at radius 2 is 2.04 bits per heavy atom. The van der Waals surface area contributed by atoms with Crippen LogP contribution in [0.2, 0.25) is 0 Å². The molecule has 10 heteroatoms. The third-order valence-electron chi connectivity index (χ3n) is 3.53. The van der Waals surface area contributed by atoms with Crippen LogP contribution >= 0.6 is 12.2 Å². The fourth-order valence-corrected chi connectivity index (χ4v) is 2.55. The van der Waals surface area contributed by atoms with E-state index in [1.807, 2.05) is 25.9 Å². The van der Waals surface area contributed by atoms with Gasteiger partial charge in [0.1, 0.15) is 5.82 Å². The van der Waals surface area contributed by atoms with E-state index in [1.165, 1.54) is 4.57 Å². The van der Waals surface area contributed by atoms with Crippen LogP contribution in [-0.2, 0) is 11.3 Å². The third-order valence-corrected chi connectivity index (χ3v) is 3.90. The van der Waals surface area contributed by atoms with E-state index >= 15 is 0 Å². The third kappa shape index (κ3) is 5.83. The lowest BCUT2D eigenvalue weighted by molar-refractivity contribution is 0.207. The molecule has 25 heavy (non-hydrogen) atoms. The number of anilines is 2. The number of H-pyrrole nitrogens is 1. The van der Waals surface area contributed by atoms with Gasteiger partial charge in [0.25, 0.3) is 5.56 Å². The molecule has 0 fully saturated rings. The molecule has 0 aliphatic heterocycles. The Morgan fingerprint density at radius 3 is 2.60 bits per heavy atom. The largest absolute Gasteiger partial charge is 0.383 e. The number of nitrogens with two attached hydrogens (primary N) is 1. The second-order valence-corrected chi connectivity index (χ2v) is 6.21. The summed E-state index contributed by atoms with van der Waals surface area (Å²) in [6.07, 6.45) is 0.708. The molecule has 0 bridgehead atoms. The van der Waals surface area contributed by atoms with Gasteiger partial charge in [-0.3, -0.25) is 14.3 Å². The fourth-order valence-electron chi connectivity index (χ4n) is 2.26. The van der Waals surface area contributed by atoms with Gasteiger partial charge in [-0.1, -0.05) is 6.92 Å². The van der Waals surface area contributed by atoms with Crippen molar-refractivity contribution >= 4 is 28.8 Å². The molecule has 0 saturated carbocycles. The number of nitrogen functional groups attached to an aromatic ring is 1. The maximum atomic E-state index is 12.4. The van der Waals surface area contributed by atoms with Gasteiger partial charge in [-0.15, -0.1) is 0 Å². The zero-order valence-corrected chi connectivity index (χ0v) is 16.1. The van der Waals surface area contributed by atoms with E-state index in [4.69, 9.17) is 22.7 Å². The highest BCUT2D eigenvalue weighted by Gasteiger charge is 2.21. The first-order valence-corrected chi connectivity index (χ1v) is 8.55. The Bertz CT molecular complexity index is 685. The number of nitrogens with zero attached hydrogens (tertiary/aromatic N) is 3. The number of aromatic amines is 1. The van der Waals surface area contributed by atoms with Gasteiger partial charge in [-0.2, -0.15) is 0 Å². The average Bonchev–Trinajstić information content (AvgIpc) is 2.53. The second kappa shape index (κ2) is 10.2. The molecule has 1 heterocycles. The smallest absolute Gasteiger partial charge is 0.330 e. The van der Waals surface area contributed by atoms with Crippen LogP contribution < -0.4 is 27.2 Å². The van der Waals surface area contributed by atoms with E-state index in [2.05, 4.69) is 10.3 Å². The van der Waals surface area contributed by atoms with Crippen molar-refractivity contribution in [2.75, 3.05) is 58.1 Å². The Balaban J connectivity index is 3.22. The van der Waals surface area contributed by atoms with E-state index in [1.54, 1.807) is 12.0 Å². The number of methoxy groups -OCH3 is 1. The zero-order chi connectivity index (χ0) is 19.0. The van der Waals surface area contributed by atoms with Crippen LogP contribution in [0, 0.1) is 0 Å². The highest BCUT2D eigenvalue weighted by molar-refractivity contribution is 7.80. The number of hydrogen-bond acceptors (Lipinski definition) is 6. The molecule has 0 amide bonds. The van der Waals surface area contributed by atoms with Crippen molar-refractivity contribution in [3.63, 3.8) is 0 Å². The summed E-state index contributed by atoms with van der Waals surface area (Å²) in [4.78, 5) is 30.3. The number of ether oxygens (including phenoxy) is 1. The summed E-state index contributed by atoms with van der Waals surface area (Å²) in [7, 11) is 5.47. The van der Waals surface area contributed by atoms with Crippen molar-refractivity contribution < 1.29 is 4.74 Å². The van der Waals surface area contributed by atoms with Crippen molar-refractivity contribution in [2.45, 2.75) is 19.9 Å². The van der Waals surface area contributed by atoms with E-state index < -0.39 is 11.2 Å². The van der Waals surface area contributed by atoms with Crippen LogP contribution in [0.4, 0.5) is 11.5 Å². The monoisotopic (exact) mass is 372 g/mol. The molecule has 1 rings (SSSR count). The van der Waals surface area contributed by atoms with Crippen molar-refractivity contribution in [1.82, 2.24) is 19.8 Å². The summed E-state index contributed by atoms with van der Waals surface area (Å²) in [5.41, 5.74) is 5.19. The van der Waals surface area contributed by atoms with Crippen LogP contribution in [0.3, 0.4) is 0 Å². The Morgan fingerprint density at radius 1 is 1.36 bits per heavy atom. The molecule has 0 spiro atoms. The van der Waals surface area contributed by atoms with Crippen LogP contribution in [0.1, 0.15) is 13.3 Å². The Hall–Kier alpha value is -1.91. The predicted octanol–water partition coefficient (Wildman–Crippen LogP) is -0.582. The summed E-state index contributed by atoms with van der Waals surface area (Å²) < 4.78 is 6.46. The first-order valence-electron chi connectivity index (χ1n) is 8.15. The van der Waals surface area contributed by atoms with E-state index in [9.17, 15) is 9.59 Å². The zero-order valence-electron chi connectivity index (χ0n) is 15.3. The highest BCUT2D eigenvalue weighted by atomic mass is 32.1. The van der Waals surface area contributed by atoms with E-state index in [-0.39, 0.29) is 11.5 Å². The quantitative estimate of drug-likeness (QED) is 0.494. The maximum Gasteiger partial charge on any atom is 0.330 e. The fraction of sp³-hybridized carbons (Fsp3) is 0.667. The van der Waals surface area contributed by atoms with E-state index in [0.29, 0.717) is 37.8 Å². The standard InChI is InChI=1S/C15H28N6O3S/c1-5-7-21-12(16)11(13(22)18-14(21)23)20(9-10-24-4)15(25)17-6-8-19(2)3/h5-10,16H2,1-4H3,(H,17,25)(H,18,22,23). The second-order valence-electron chi connectivity index (χ2n) is 5.82. The molecule has 0 aromatic carbocycles. The summed E-state index contributed by atoms with van der Waals surface area (Å²) in [5.74, 6) is 0.100. The summed E-state index contributed by atoms with van der Waals surface area (Å²) >= 11 is 5.43. The van der Waals surface area contributed by atoms with Gasteiger partial charge >= 0.3 is 5.69 Å². The molecule has 0 atom stereocenters. The maximum absolute atomic E-state index is 12.4. The van der Waals surface area contributed by atoms with Crippen LogP contribution in [0.15, 0.2) is 9.59 Å². The lowest BCUT2D eigenvalue weighted by atomic mass is 10.3. The minimum absolute atomic E-state index is 0.100. The van der Waals surface area contributed by atoms with Crippen LogP contribution in [0.5, 0.6) is 0 Å². The number of nitrogens with one attached hydrogen (secondary N) is 2. The Kier molecular flexibility index (Phi) is 8.59. The molecule has 9 nitrogen and oxygen atoms in total. The van der Waals surface area contributed by atoms with Gasteiger partial charge < -0.3 is 25.6 Å². The molecule has 0 saturated heterocycles. The molecule has 1 aromatic rings. The molecule has 142 valence electrons. The minimum atomic E-state index is -0.567. The van der Waals surface area contributed by atoms with Gasteiger partial charge in [0.05, 0.1) is 6.61 Å². The van der Waals surface area contributed by atoms with E-state index in [0.717, 1.165) is 6.54 Å². The van der Waals surface area contributed by atoms with Crippen molar-refractivity contribution in [3.8, 4) is 0 Å². The molecule has 4 N–H and O–H groups in total. The van der Waals surface area contributed by atoms with Gasteiger partial charge in [0.2, 0.25) is 0 Å². The molecule has 0 aliphatic rings. The number of rotatable bonds is 9. The van der Waals surface area contributed by atoms with Gasteiger partial charge in [-0.25, -0.2) is 4.79 Å². The topological polar surface area (TPSA) is 109 Å². The minimum Gasteiger partial charge on any atom is -0.383 e. The summed E-state index contributed by atoms with van der Waals surface area (Å²) in [6, 6.07) is 0.